The molecule has 148 valence electrons. The van der Waals surface area contributed by atoms with Crippen LogP contribution in [0.25, 0.3) is 0 Å². The fourth-order valence-electron chi connectivity index (χ4n) is 3.28. The SMILES string of the molecule is O=C(NCCC1CCN(C(=O)Nc2ccc(F)cc2)CC1)c1cccc(F)c1. The summed E-state index contributed by atoms with van der Waals surface area (Å²) in [7, 11) is 0. The molecule has 3 rings (SSSR count). The second-order valence-corrected chi connectivity index (χ2v) is 6.92. The lowest BCUT2D eigenvalue weighted by Crippen LogP contribution is -2.41. The molecule has 3 amide bonds. The van der Waals surface area contributed by atoms with E-state index in [2.05, 4.69) is 10.6 Å². The number of hydrogen-bond acceptors (Lipinski definition) is 2. The minimum atomic E-state index is -0.432. The number of carbonyl (C=O) groups excluding carboxylic acids is 2. The molecule has 2 N–H and O–H groups in total. The van der Waals surface area contributed by atoms with Crippen LogP contribution in [0.15, 0.2) is 48.5 Å². The van der Waals surface area contributed by atoms with E-state index in [-0.39, 0.29) is 17.8 Å². The highest BCUT2D eigenvalue weighted by atomic mass is 19.1. The molecule has 1 saturated heterocycles. The lowest BCUT2D eigenvalue weighted by Gasteiger charge is -2.32. The molecule has 0 spiro atoms. The van der Waals surface area contributed by atoms with Gasteiger partial charge in [-0.05, 0) is 67.6 Å². The van der Waals surface area contributed by atoms with E-state index >= 15 is 0 Å². The summed E-state index contributed by atoms with van der Waals surface area (Å²) in [5.74, 6) is -0.638. The number of hydrogen-bond donors (Lipinski definition) is 2. The van der Waals surface area contributed by atoms with Crippen molar-refractivity contribution < 1.29 is 18.4 Å². The Morgan fingerprint density at radius 1 is 1.00 bits per heavy atom. The van der Waals surface area contributed by atoms with Gasteiger partial charge in [0.25, 0.3) is 5.91 Å². The van der Waals surface area contributed by atoms with Crippen molar-refractivity contribution in [3.8, 4) is 0 Å². The number of urea groups is 1. The van der Waals surface area contributed by atoms with Gasteiger partial charge in [-0.15, -0.1) is 0 Å². The summed E-state index contributed by atoms with van der Waals surface area (Å²) in [6, 6.07) is 11.1. The fourth-order valence-corrected chi connectivity index (χ4v) is 3.28. The van der Waals surface area contributed by atoms with Crippen LogP contribution in [0.2, 0.25) is 0 Å². The summed E-state index contributed by atoms with van der Waals surface area (Å²) >= 11 is 0. The van der Waals surface area contributed by atoms with Crippen molar-refractivity contribution in [2.75, 3.05) is 25.0 Å². The van der Waals surface area contributed by atoms with Crippen LogP contribution < -0.4 is 10.6 Å². The Morgan fingerprint density at radius 3 is 2.39 bits per heavy atom. The second kappa shape index (κ2) is 9.30. The average Bonchev–Trinajstić information content (AvgIpc) is 2.70. The molecule has 0 saturated carbocycles. The van der Waals surface area contributed by atoms with Crippen LogP contribution in [0.5, 0.6) is 0 Å². The Balaban J connectivity index is 1.37. The summed E-state index contributed by atoms with van der Waals surface area (Å²) in [6.07, 6.45) is 2.52. The average molecular weight is 387 g/mol. The highest BCUT2D eigenvalue weighted by Gasteiger charge is 2.22. The third-order valence-corrected chi connectivity index (χ3v) is 4.92. The van der Waals surface area contributed by atoms with Crippen molar-refractivity contribution in [3.63, 3.8) is 0 Å². The fraction of sp³-hybridized carbons (Fsp3) is 0.333. The van der Waals surface area contributed by atoms with Crippen LogP contribution >= 0.6 is 0 Å². The van der Waals surface area contributed by atoms with Gasteiger partial charge >= 0.3 is 6.03 Å². The summed E-state index contributed by atoms with van der Waals surface area (Å²) in [6.45, 7) is 1.78. The number of nitrogens with zero attached hydrogens (tertiary/aromatic N) is 1. The third-order valence-electron chi connectivity index (χ3n) is 4.92. The van der Waals surface area contributed by atoms with Crippen LogP contribution in [0, 0.1) is 17.6 Å². The molecule has 0 atom stereocenters. The van der Waals surface area contributed by atoms with Gasteiger partial charge in [-0.2, -0.15) is 0 Å². The molecule has 1 aliphatic heterocycles. The highest BCUT2D eigenvalue weighted by Crippen LogP contribution is 2.21. The maximum Gasteiger partial charge on any atom is 0.321 e. The molecule has 0 unspecified atom stereocenters. The van der Waals surface area contributed by atoms with Crippen molar-refractivity contribution in [1.82, 2.24) is 10.2 Å². The summed E-state index contributed by atoms with van der Waals surface area (Å²) in [5.41, 5.74) is 0.876. The predicted octanol–water partition coefficient (Wildman–Crippen LogP) is 4.03. The first-order valence-corrected chi connectivity index (χ1v) is 9.36. The molecule has 0 radical (unpaired) electrons. The number of benzene rings is 2. The maximum atomic E-state index is 13.2. The number of carbonyl (C=O) groups is 2. The van der Waals surface area contributed by atoms with Crippen molar-refractivity contribution >= 4 is 17.6 Å². The summed E-state index contributed by atoms with van der Waals surface area (Å²) < 4.78 is 26.1. The number of piperidine rings is 1. The lowest BCUT2D eigenvalue weighted by atomic mass is 9.93. The lowest BCUT2D eigenvalue weighted by molar-refractivity contribution is 0.0949. The molecule has 0 aliphatic carbocycles. The van der Waals surface area contributed by atoms with Crippen molar-refractivity contribution in [3.05, 3.63) is 65.7 Å². The van der Waals surface area contributed by atoms with E-state index in [1.54, 1.807) is 11.0 Å². The predicted molar refractivity (Wildman–Crippen MR) is 103 cm³/mol. The molecule has 2 aromatic carbocycles. The van der Waals surface area contributed by atoms with Gasteiger partial charge in [-0.1, -0.05) is 6.07 Å². The molecule has 1 aliphatic rings. The monoisotopic (exact) mass is 387 g/mol. The Morgan fingerprint density at radius 2 is 1.71 bits per heavy atom. The van der Waals surface area contributed by atoms with Gasteiger partial charge in [0.1, 0.15) is 11.6 Å². The molecule has 7 heteroatoms. The topological polar surface area (TPSA) is 61.4 Å². The van der Waals surface area contributed by atoms with E-state index in [0.29, 0.717) is 36.8 Å². The minimum Gasteiger partial charge on any atom is -0.352 e. The number of anilines is 1. The number of amides is 3. The van der Waals surface area contributed by atoms with Gasteiger partial charge in [0.2, 0.25) is 0 Å². The van der Waals surface area contributed by atoms with Gasteiger partial charge in [0.05, 0.1) is 0 Å². The molecule has 1 heterocycles. The number of nitrogens with one attached hydrogen (secondary N) is 2. The molecule has 0 bridgehead atoms. The van der Waals surface area contributed by atoms with Crippen LogP contribution in [0.1, 0.15) is 29.6 Å². The summed E-state index contributed by atoms with van der Waals surface area (Å²) in [4.78, 5) is 26.0. The summed E-state index contributed by atoms with van der Waals surface area (Å²) in [5, 5.41) is 5.58. The zero-order valence-electron chi connectivity index (χ0n) is 15.5. The number of likely N-dealkylation sites (tertiary alicyclic amines) is 1. The molecule has 28 heavy (non-hydrogen) atoms. The van der Waals surface area contributed by atoms with E-state index in [1.807, 2.05) is 0 Å². The van der Waals surface area contributed by atoms with Gasteiger partial charge in [0, 0.05) is 30.9 Å². The van der Waals surface area contributed by atoms with E-state index in [1.165, 1.54) is 42.5 Å². The van der Waals surface area contributed by atoms with Gasteiger partial charge < -0.3 is 15.5 Å². The van der Waals surface area contributed by atoms with Crippen molar-refractivity contribution in [2.45, 2.75) is 19.3 Å². The zero-order valence-corrected chi connectivity index (χ0v) is 15.5. The Labute approximate surface area is 162 Å². The molecule has 0 aromatic heterocycles. The first-order valence-electron chi connectivity index (χ1n) is 9.36. The zero-order chi connectivity index (χ0) is 19.9. The van der Waals surface area contributed by atoms with Gasteiger partial charge in [-0.3, -0.25) is 4.79 Å². The quantitative estimate of drug-likeness (QED) is 0.814. The third kappa shape index (κ3) is 5.52. The molecule has 2 aromatic rings. The van der Waals surface area contributed by atoms with Gasteiger partial charge in [0.15, 0.2) is 0 Å². The Kier molecular flexibility index (Phi) is 6.57. The second-order valence-electron chi connectivity index (χ2n) is 6.92. The normalized spacial score (nSPS) is 14.6. The van der Waals surface area contributed by atoms with E-state index in [9.17, 15) is 18.4 Å². The highest BCUT2D eigenvalue weighted by molar-refractivity contribution is 5.94. The minimum absolute atomic E-state index is 0.190. The molecular weight excluding hydrogens is 364 g/mol. The van der Waals surface area contributed by atoms with E-state index in [4.69, 9.17) is 0 Å². The smallest absolute Gasteiger partial charge is 0.321 e. The number of halogens is 2. The molecular formula is C21H23F2N3O2. The Hall–Kier alpha value is -2.96. The molecule has 1 fully saturated rings. The first kappa shape index (κ1) is 19.8. The van der Waals surface area contributed by atoms with Crippen molar-refractivity contribution in [1.29, 1.82) is 0 Å². The van der Waals surface area contributed by atoms with E-state index in [0.717, 1.165) is 19.3 Å². The van der Waals surface area contributed by atoms with Crippen LogP contribution in [0.4, 0.5) is 19.3 Å². The van der Waals surface area contributed by atoms with Crippen LogP contribution in [-0.2, 0) is 0 Å². The number of rotatable bonds is 5. The van der Waals surface area contributed by atoms with Crippen molar-refractivity contribution in [2.24, 2.45) is 5.92 Å². The standard InChI is InChI=1S/C21H23F2N3O2/c22-17-4-6-19(7-5-17)25-21(28)26-12-9-15(10-13-26)8-11-24-20(27)16-2-1-3-18(23)14-16/h1-7,14-15H,8-13H2,(H,24,27)(H,25,28). The first-order chi connectivity index (χ1) is 13.5. The molecule has 5 nitrogen and oxygen atoms in total. The Bertz CT molecular complexity index is 819. The van der Waals surface area contributed by atoms with E-state index < -0.39 is 5.82 Å². The van der Waals surface area contributed by atoms with Crippen LogP contribution in [0.3, 0.4) is 0 Å². The maximum absolute atomic E-state index is 13.2. The van der Waals surface area contributed by atoms with Gasteiger partial charge in [-0.25, -0.2) is 13.6 Å². The largest absolute Gasteiger partial charge is 0.352 e. The van der Waals surface area contributed by atoms with Crippen LogP contribution in [-0.4, -0.2) is 36.5 Å².